The van der Waals surface area contributed by atoms with Crippen LogP contribution >= 0.6 is 7.82 Å². The van der Waals surface area contributed by atoms with E-state index in [-0.39, 0.29) is 19.1 Å². The number of phosphoric acid groups is 1. The number of nitrogens with zero attached hydrogens (tertiary/aromatic N) is 1. The van der Waals surface area contributed by atoms with Gasteiger partial charge in [0, 0.05) is 6.42 Å². The lowest BCUT2D eigenvalue weighted by atomic mass is 10.0. The number of likely N-dealkylation sites (N-methyl/N-ethyl adjacent to an activating group) is 1. The second-order valence-corrected chi connectivity index (χ2v) is 21.1. The Bertz CT molecular complexity index is 1060. The van der Waals surface area contributed by atoms with Crippen LogP contribution in [-0.2, 0) is 18.4 Å². The van der Waals surface area contributed by atoms with Crippen LogP contribution in [0, 0.1) is 0 Å². The fraction of sp³-hybridized carbons (Fsp3) is 0.906. The van der Waals surface area contributed by atoms with Crippen molar-refractivity contribution < 1.29 is 32.9 Å². The SMILES string of the molecule is CCCCCCCCCC/C=C\CCCCCCCCCCCCCCCCCC(=O)NC(COP(=O)(O)OCC[N+](C)(C)C)C(O)/C=C/CCCCCCCCCCCCC. The normalized spacial score (nSPS) is 14.2. The Balaban J connectivity index is 4.12. The number of carbonyl (C=O) groups excluding carboxylic acids is 1. The number of allylic oxidation sites excluding steroid dienone is 3. The molecule has 0 radical (unpaired) electrons. The molecular weight excluding hydrogens is 792 g/mol. The number of nitrogens with one attached hydrogen (secondary N) is 1. The molecule has 0 saturated heterocycles. The first-order valence-electron chi connectivity index (χ1n) is 26.7. The van der Waals surface area contributed by atoms with E-state index in [4.69, 9.17) is 9.05 Å². The lowest BCUT2D eigenvalue weighted by Gasteiger charge is -2.25. The van der Waals surface area contributed by atoms with E-state index < -0.39 is 20.0 Å². The fourth-order valence-corrected chi connectivity index (χ4v) is 8.66. The van der Waals surface area contributed by atoms with Crippen molar-refractivity contribution in [2.45, 2.75) is 270 Å². The molecule has 0 aliphatic rings. The number of hydrogen-bond acceptors (Lipinski definition) is 5. The molecule has 0 spiro atoms. The van der Waals surface area contributed by atoms with Gasteiger partial charge in [0.2, 0.25) is 5.91 Å². The van der Waals surface area contributed by atoms with Crippen LogP contribution < -0.4 is 5.32 Å². The largest absolute Gasteiger partial charge is 0.472 e. The Labute approximate surface area is 385 Å². The number of quaternary nitrogens is 1. The van der Waals surface area contributed by atoms with E-state index in [9.17, 15) is 19.4 Å². The third-order valence-electron chi connectivity index (χ3n) is 12.2. The topological polar surface area (TPSA) is 105 Å². The van der Waals surface area contributed by atoms with Crippen LogP contribution in [0.25, 0.3) is 0 Å². The van der Waals surface area contributed by atoms with Crippen molar-refractivity contribution in [1.82, 2.24) is 5.32 Å². The minimum Gasteiger partial charge on any atom is -0.387 e. The Morgan fingerprint density at radius 1 is 0.532 bits per heavy atom. The van der Waals surface area contributed by atoms with Crippen molar-refractivity contribution in [3.63, 3.8) is 0 Å². The lowest BCUT2D eigenvalue weighted by molar-refractivity contribution is -0.870. The molecule has 0 aliphatic carbocycles. The molecule has 3 unspecified atom stereocenters. The summed E-state index contributed by atoms with van der Waals surface area (Å²) in [5.41, 5.74) is 0. The second kappa shape index (κ2) is 45.1. The smallest absolute Gasteiger partial charge is 0.387 e. The average Bonchev–Trinajstić information content (AvgIpc) is 3.23. The molecule has 0 fully saturated rings. The van der Waals surface area contributed by atoms with E-state index >= 15 is 0 Å². The third kappa shape index (κ3) is 47.0. The average molecular weight is 898 g/mol. The highest BCUT2D eigenvalue weighted by molar-refractivity contribution is 7.47. The summed E-state index contributed by atoms with van der Waals surface area (Å²) >= 11 is 0. The van der Waals surface area contributed by atoms with E-state index in [1.165, 1.54) is 199 Å². The fourth-order valence-electron chi connectivity index (χ4n) is 7.92. The van der Waals surface area contributed by atoms with Gasteiger partial charge in [0.1, 0.15) is 13.2 Å². The molecule has 0 saturated carbocycles. The Morgan fingerprint density at radius 3 is 1.24 bits per heavy atom. The number of phosphoric ester groups is 1. The van der Waals surface area contributed by atoms with Crippen molar-refractivity contribution in [3.8, 4) is 0 Å². The number of aliphatic hydroxyl groups excluding tert-OH is 1. The van der Waals surface area contributed by atoms with Gasteiger partial charge in [-0.15, -0.1) is 0 Å². The zero-order chi connectivity index (χ0) is 45.7. The summed E-state index contributed by atoms with van der Waals surface area (Å²) in [5.74, 6) is -0.174. The lowest BCUT2D eigenvalue weighted by Crippen LogP contribution is -2.45. The number of aliphatic hydroxyl groups is 1. The van der Waals surface area contributed by atoms with Gasteiger partial charge >= 0.3 is 7.82 Å². The van der Waals surface area contributed by atoms with Gasteiger partial charge in [0.15, 0.2) is 0 Å². The first kappa shape index (κ1) is 61.0. The molecule has 0 bridgehead atoms. The monoisotopic (exact) mass is 898 g/mol. The van der Waals surface area contributed by atoms with E-state index in [0.717, 1.165) is 38.5 Å². The number of carbonyl (C=O) groups is 1. The molecule has 0 heterocycles. The Hall–Kier alpha value is -1.02. The van der Waals surface area contributed by atoms with Crippen LogP contribution in [0.1, 0.15) is 258 Å². The highest BCUT2D eigenvalue weighted by atomic mass is 31.2. The summed E-state index contributed by atoms with van der Waals surface area (Å²) in [6.07, 6.45) is 55.5. The second-order valence-electron chi connectivity index (χ2n) is 19.6. The van der Waals surface area contributed by atoms with E-state index in [1.54, 1.807) is 6.08 Å². The molecule has 8 nitrogen and oxygen atoms in total. The molecule has 0 aliphatic heterocycles. The van der Waals surface area contributed by atoms with Gasteiger partial charge in [-0.05, 0) is 44.9 Å². The van der Waals surface area contributed by atoms with Gasteiger partial charge in [0.05, 0.1) is 39.9 Å². The highest BCUT2D eigenvalue weighted by Gasteiger charge is 2.27. The van der Waals surface area contributed by atoms with Gasteiger partial charge in [-0.25, -0.2) is 4.57 Å². The van der Waals surface area contributed by atoms with Crippen LogP contribution in [0.4, 0.5) is 0 Å². The molecule has 0 aromatic heterocycles. The molecule has 9 heteroatoms. The van der Waals surface area contributed by atoms with Gasteiger partial charge in [-0.2, -0.15) is 0 Å². The van der Waals surface area contributed by atoms with Crippen molar-refractivity contribution in [2.24, 2.45) is 0 Å². The number of amides is 1. The maximum Gasteiger partial charge on any atom is 0.472 e. The molecule has 0 rings (SSSR count). The van der Waals surface area contributed by atoms with E-state index in [0.29, 0.717) is 17.4 Å². The molecular formula is C53H106N2O6P+. The first-order valence-corrected chi connectivity index (χ1v) is 28.2. The Morgan fingerprint density at radius 2 is 0.871 bits per heavy atom. The zero-order valence-electron chi connectivity index (χ0n) is 41.9. The van der Waals surface area contributed by atoms with Crippen LogP contribution in [0.15, 0.2) is 24.3 Å². The standard InChI is InChI=1S/C53H105N2O6P/c1-6-8-10-12-14-16-18-20-21-22-23-24-25-26-27-28-29-30-31-32-33-35-37-39-41-43-45-47-53(57)54-51(50-61-62(58,59)60-49-48-55(3,4)5)52(56)46-44-42-40-38-36-34-19-17-15-13-11-9-7-2/h22-23,44,46,51-52,56H,6-21,24-43,45,47-50H2,1-5H3,(H-,54,57,58,59)/p+1/b23-22-,46-44+. The summed E-state index contributed by atoms with van der Waals surface area (Å²) in [7, 11) is 1.58. The maximum absolute atomic E-state index is 12.9. The van der Waals surface area contributed by atoms with Crippen molar-refractivity contribution in [1.29, 1.82) is 0 Å². The van der Waals surface area contributed by atoms with Crippen LogP contribution in [0.5, 0.6) is 0 Å². The van der Waals surface area contributed by atoms with Gasteiger partial charge in [-0.3, -0.25) is 13.8 Å². The molecule has 0 aromatic rings. The minimum absolute atomic E-state index is 0.0634. The van der Waals surface area contributed by atoms with Crippen LogP contribution in [-0.4, -0.2) is 73.4 Å². The van der Waals surface area contributed by atoms with Crippen molar-refractivity contribution >= 4 is 13.7 Å². The van der Waals surface area contributed by atoms with Crippen LogP contribution in [0.3, 0.4) is 0 Å². The van der Waals surface area contributed by atoms with E-state index in [1.807, 2.05) is 27.2 Å². The number of unbranched alkanes of at least 4 members (excludes halogenated alkanes) is 34. The maximum atomic E-state index is 12.9. The predicted octanol–water partition coefficient (Wildman–Crippen LogP) is 15.6. The summed E-state index contributed by atoms with van der Waals surface area (Å²) in [6.45, 7) is 4.83. The van der Waals surface area contributed by atoms with Crippen molar-refractivity contribution in [2.75, 3.05) is 40.9 Å². The first-order chi connectivity index (χ1) is 30.0. The van der Waals surface area contributed by atoms with Gasteiger partial charge in [0.25, 0.3) is 0 Å². The molecule has 3 N–H and O–H groups in total. The number of hydrogen-bond donors (Lipinski definition) is 3. The summed E-state index contributed by atoms with van der Waals surface area (Å²) in [5, 5.41) is 13.9. The number of rotatable bonds is 49. The molecule has 0 aromatic carbocycles. The van der Waals surface area contributed by atoms with Gasteiger partial charge in [-0.1, -0.05) is 231 Å². The molecule has 1 amide bonds. The quantitative estimate of drug-likeness (QED) is 0.0243. The summed E-state index contributed by atoms with van der Waals surface area (Å²) < 4.78 is 23.6. The summed E-state index contributed by atoms with van der Waals surface area (Å²) in [4.78, 5) is 23.2. The highest BCUT2D eigenvalue weighted by Crippen LogP contribution is 2.43. The molecule has 368 valence electrons. The minimum atomic E-state index is -4.34. The van der Waals surface area contributed by atoms with E-state index in [2.05, 4.69) is 31.3 Å². The third-order valence-corrected chi connectivity index (χ3v) is 13.1. The molecule has 62 heavy (non-hydrogen) atoms. The molecule has 3 atom stereocenters. The van der Waals surface area contributed by atoms with Gasteiger partial charge < -0.3 is 19.8 Å². The summed E-state index contributed by atoms with van der Waals surface area (Å²) in [6, 6.07) is -0.842. The Kier molecular flexibility index (Phi) is 44.4. The predicted molar refractivity (Wildman–Crippen MR) is 268 cm³/mol. The van der Waals surface area contributed by atoms with Crippen molar-refractivity contribution in [3.05, 3.63) is 24.3 Å². The van der Waals surface area contributed by atoms with Crippen LogP contribution in [0.2, 0.25) is 0 Å². The zero-order valence-corrected chi connectivity index (χ0v) is 42.8.